The van der Waals surface area contributed by atoms with E-state index in [-0.39, 0.29) is 50.0 Å². The van der Waals surface area contributed by atoms with E-state index < -0.39 is 53.7 Å². The van der Waals surface area contributed by atoms with Crippen molar-refractivity contribution in [2.45, 2.75) is 126 Å². The predicted octanol–water partition coefficient (Wildman–Crippen LogP) is 9.06. The number of hydrogen-bond donors (Lipinski definition) is 14. The van der Waals surface area contributed by atoms with Gasteiger partial charge in [0.15, 0.2) is 44.7 Å². The molecular formula is C65H86Cl3N23O7. The Hall–Kier alpha value is -10.7. The minimum Gasteiger partial charge on any atom is -0.399 e. The molecule has 7 aromatic rings. The zero-order chi connectivity index (χ0) is 74.4. The molecule has 4 atom stereocenters. The highest BCUT2D eigenvalue weighted by Crippen LogP contribution is 2.24. The van der Waals surface area contributed by atoms with Crippen LogP contribution in [-0.2, 0) is 19.2 Å². The van der Waals surface area contributed by atoms with Crippen LogP contribution in [0.4, 0.5) is 46.2 Å². The van der Waals surface area contributed by atoms with E-state index in [1.54, 1.807) is 12.1 Å². The lowest BCUT2D eigenvalue weighted by Crippen LogP contribution is -2.37. The molecule has 4 heterocycles. The van der Waals surface area contributed by atoms with Crippen molar-refractivity contribution in [3.05, 3.63) is 153 Å². The van der Waals surface area contributed by atoms with Crippen LogP contribution in [0.25, 0.3) is 0 Å². The first kappa shape index (κ1) is 85.4. The summed E-state index contributed by atoms with van der Waals surface area (Å²) in [6, 6.07) is 26.5. The Morgan fingerprint density at radius 2 is 0.837 bits per heavy atom. The van der Waals surface area contributed by atoms with Crippen LogP contribution in [0.3, 0.4) is 0 Å². The van der Waals surface area contributed by atoms with E-state index in [2.05, 4.69) is 66.5 Å². The van der Waals surface area contributed by atoms with Crippen molar-refractivity contribution in [2.75, 3.05) is 32.3 Å². The molecule has 0 fully saturated rings. The molecule has 524 valence electrons. The predicted molar refractivity (Wildman–Crippen MR) is 380 cm³/mol. The first-order valence-corrected chi connectivity index (χ1v) is 31.1. The molecule has 4 aromatic heterocycles. The fraction of sp³-hybridized carbons (Fsp3) is 0.354. The number of primary amides is 5. The van der Waals surface area contributed by atoms with Crippen LogP contribution in [-0.4, -0.2) is 104 Å². The van der Waals surface area contributed by atoms with Gasteiger partial charge in [0.2, 0.25) is 23.6 Å². The fourth-order valence-corrected chi connectivity index (χ4v) is 8.53. The number of carbonyl (C=O) groups is 5. The third-order valence-corrected chi connectivity index (χ3v) is 13.0. The van der Waals surface area contributed by atoms with Crippen LogP contribution < -0.4 is 66.7 Å². The summed E-state index contributed by atoms with van der Waals surface area (Å²) in [5.41, 5.74) is 43.3. The van der Waals surface area contributed by atoms with Crippen LogP contribution in [0.5, 0.6) is 0 Å². The number of amides is 5. The van der Waals surface area contributed by atoms with Gasteiger partial charge in [0.05, 0.1) is 30.8 Å². The molecule has 33 heteroatoms. The summed E-state index contributed by atoms with van der Waals surface area (Å²) in [5, 5.41) is 53.4. The van der Waals surface area contributed by atoms with Crippen LogP contribution in [0, 0.1) is 78.4 Å². The van der Waals surface area contributed by atoms with Gasteiger partial charge in [-0.3, -0.25) is 34.5 Å². The van der Waals surface area contributed by atoms with Gasteiger partial charge in [-0.1, -0.05) is 127 Å². The molecule has 0 saturated carbocycles. The highest BCUT2D eigenvalue weighted by molar-refractivity contribution is 6.32. The Balaban J connectivity index is 0.000000617. The average molecular weight is 1410 g/mol. The van der Waals surface area contributed by atoms with Gasteiger partial charge in [-0.25, -0.2) is 39.9 Å². The van der Waals surface area contributed by atoms with Crippen molar-refractivity contribution in [1.82, 2.24) is 39.9 Å². The lowest BCUT2D eigenvalue weighted by Gasteiger charge is -2.18. The minimum absolute atomic E-state index is 0.00438. The topological polar surface area (TPSA) is 543 Å². The largest absolute Gasteiger partial charge is 0.399 e. The zero-order valence-electron chi connectivity index (χ0n) is 56.2. The maximum Gasteiger partial charge on any atom is 0.271 e. The summed E-state index contributed by atoms with van der Waals surface area (Å²) in [5.74, 6) is 0.361. The Kier molecular flexibility index (Phi) is 39.1. The first-order chi connectivity index (χ1) is 46.1. The molecule has 98 heavy (non-hydrogen) atoms. The highest BCUT2D eigenvalue weighted by atomic mass is 35.5. The van der Waals surface area contributed by atoms with E-state index in [0.717, 1.165) is 28.2 Å². The Bertz CT molecular complexity index is 3830. The number of rotatable bonds is 23. The van der Waals surface area contributed by atoms with Gasteiger partial charge in [-0.15, -0.1) is 0 Å². The molecule has 0 aliphatic carbocycles. The standard InChI is InChI=1S/C18H24N6O2.C18H22N6O.C11H14ClN5O.C7H9N.C6H14N2O.C5HCl2N3.H2O2/c1-10(2)7-13(16(19)25)23-14-9-21-15(17(20)26)18(24-14)22-12-6-4-5-11(3)8-12;1-11(2)7-14(17(20)25)23-16-10-21-15(9-19)18(24-16)22-13-6-4-5-12(3)8-13;1-6(2)3-7(11(14)18)16-9-5-15-8(4-13)10(12)17-9;1-6-3-2-4-7(8)5-6;1-4(2)3-5(7)6(8)9;6-4-2-9-3(1-8)5(7)10-4;1-2/h4-6,8-10,13H,7H2,1-3H3,(H2,19,25)(H2,20,26)(H2,22,23,24);4-6,8,10-11,14H,7H2,1-3H3,(H2,20,25)(H2,22,23,24);5-7H,3H2,1-2H3,(H2,14,18)(H,16,17);2-5H,8H2,1H3;4-5H,3,7H2,1-2H3,(H2,8,9);2H;1-2H/t13-;14-;7-;;5-;;/m111.1../s1. The lowest BCUT2D eigenvalue weighted by atomic mass is 10.0. The fourth-order valence-electron chi connectivity index (χ4n) is 7.99. The smallest absolute Gasteiger partial charge is 0.271 e. The monoisotopic (exact) mass is 1410 g/mol. The van der Waals surface area contributed by atoms with Crippen molar-refractivity contribution >= 4 is 110 Å². The van der Waals surface area contributed by atoms with Crippen molar-refractivity contribution in [1.29, 1.82) is 15.8 Å². The number of nitrogens with two attached hydrogens (primary N) is 7. The van der Waals surface area contributed by atoms with Gasteiger partial charge in [0, 0.05) is 17.1 Å². The summed E-state index contributed by atoms with van der Waals surface area (Å²) in [7, 11) is 0. The van der Waals surface area contributed by atoms with E-state index in [1.165, 1.54) is 30.4 Å². The number of nitriles is 3. The number of aromatic nitrogens is 8. The van der Waals surface area contributed by atoms with Crippen LogP contribution in [0.2, 0.25) is 15.5 Å². The summed E-state index contributed by atoms with van der Waals surface area (Å²) in [4.78, 5) is 88.4. The molecule has 0 radical (unpaired) electrons. The summed E-state index contributed by atoms with van der Waals surface area (Å²) < 4.78 is 0. The molecule has 0 aliphatic heterocycles. The van der Waals surface area contributed by atoms with Gasteiger partial charge in [0.1, 0.15) is 58.9 Å². The number of carbonyl (C=O) groups excluding carboxylic acids is 5. The Morgan fingerprint density at radius 1 is 0.480 bits per heavy atom. The molecule has 30 nitrogen and oxygen atoms in total. The van der Waals surface area contributed by atoms with E-state index in [4.69, 9.17) is 96.0 Å². The van der Waals surface area contributed by atoms with Gasteiger partial charge < -0.3 is 66.7 Å². The van der Waals surface area contributed by atoms with Gasteiger partial charge >= 0.3 is 0 Å². The molecule has 5 amide bonds. The van der Waals surface area contributed by atoms with E-state index in [0.29, 0.717) is 66.7 Å². The quantitative estimate of drug-likeness (QED) is 0.0161. The van der Waals surface area contributed by atoms with E-state index in [9.17, 15) is 29.2 Å². The van der Waals surface area contributed by atoms with Crippen molar-refractivity contribution in [3.8, 4) is 18.2 Å². The second kappa shape index (κ2) is 44.9. The Labute approximate surface area is 584 Å². The second-order valence-electron chi connectivity index (χ2n) is 23.1. The molecule has 7 rings (SSSR count). The van der Waals surface area contributed by atoms with Crippen LogP contribution >= 0.6 is 34.8 Å². The summed E-state index contributed by atoms with van der Waals surface area (Å²) >= 11 is 16.6. The second-order valence-corrected chi connectivity index (χ2v) is 24.2. The third kappa shape index (κ3) is 34.1. The average Bonchev–Trinajstić information content (AvgIpc) is 0.845. The molecule has 0 spiro atoms. The van der Waals surface area contributed by atoms with E-state index in [1.807, 2.05) is 155 Å². The first-order valence-electron chi connectivity index (χ1n) is 30.0. The number of hydrogen-bond acceptors (Lipinski definition) is 25. The SMILES string of the molecule is CC(C)C[C@@H](N)C(N)=O.CC(C)C[C@@H](Nc1cnc(C#N)c(Cl)n1)C(N)=O.Cc1cccc(N)c1.Cc1cccc(Nc2nc(N[C@H](CC(C)C)C(N)=O)cnc2C#N)c1.Cc1cccc(Nc2nc(N[C@H](CC(C)C)C(N)=O)cnc2C(N)=O)c1.N#Cc1ncc(Cl)nc1Cl.OO. The van der Waals surface area contributed by atoms with Crippen LogP contribution in [0.15, 0.2) is 97.6 Å². The van der Waals surface area contributed by atoms with Crippen LogP contribution in [0.1, 0.15) is 125 Å². The number of anilines is 8. The number of halogens is 3. The zero-order valence-corrected chi connectivity index (χ0v) is 58.5. The number of nitrogens with zero attached hydrogens (tertiary/aromatic N) is 11. The number of nitrogens with one attached hydrogen (secondary N) is 5. The van der Waals surface area contributed by atoms with Gasteiger partial charge in [-0.05, 0) is 123 Å². The highest BCUT2D eigenvalue weighted by Gasteiger charge is 2.22. The normalized spacial score (nSPS) is 11.3. The maximum absolute atomic E-state index is 11.7. The van der Waals surface area contributed by atoms with E-state index >= 15 is 0 Å². The lowest BCUT2D eigenvalue weighted by molar-refractivity contribution is -0.176. The van der Waals surface area contributed by atoms with Crippen molar-refractivity contribution < 1.29 is 34.5 Å². The maximum atomic E-state index is 11.7. The molecule has 3 aromatic carbocycles. The number of benzene rings is 3. The number of nitrogen functional groups attached to an aromatic ring is 1. The molecule has 0 aliphatic rings. The summed E-state index contributed by atoms with van der Waals surface area (Å²) in [6.45, 7) is 21.9. The minimum atomic E-state index is -0.701. The van der Waals surface area contributed by atoms with Gasteiger partial charge in [-0.2, -0.15) is 15.8 Å². The molecule has 0 saturated heterocycles. The molecule has 0 unspecified atom stereocenters. The van der Waals surface area contributed by atoms with Gasteiger partial charge in [0.25, 0.3) is 5.91 Å². The number of aryl methyl sites for hydroxylation is 3. The Morgan fingerprint density at radius 3 is 1.16 bits per heavy atom. The molecule has 0 bridgehead atoms. The summed E-state index contributed by atoms with van der Waals surface area (Å²) in [6.07, 6.45) is 7.79. The molecular weight excluding hydrogens is 1320 g/mol. The molecule has 21 N–H and O–H groups in total. The third-order valence-electron chi connectivity index (χ3n) is 12.3. The van der Waals surface area contributed by atoms with Crippen molar-refractivity contribution in [3.63, 3.8) is 0 Å². The van der Waals surface area contributed by atoms with Crippen molar-refractivity contribution in [2.24, 2.45) is 58.1 Å².